The molecule has 0 aliphatic rings. The van der Waals surface area contributed by atoms with E-state index < -0.39 is 19.8 Å². The molecule has 0 bridgehead atoms. The zero-order valence-electron chi connectivity index (χ0n) is 16.2. The summed E-state index contributed by atoms with van der Waals surface area (Å²) in [4.78, 5) is 8.58. The predicted molar refractivity (Wildman–Crippen MR) is 109 cm³/mol. The summed E-state index contributed by atoms with van der Waals surface area (Å²) in [6.07, 6.45) is 1.50. The fraction of sp³-hybridized carbons (Fsp3) is 0.400. The highest BCUT2D eigenvalue weighted by atomic mass is 32.2. The average molecular weight is 406 g/mol. The first-order chi connectivity index (χ1) is 13.2. The maximum absolute atomic E-state index is 13.2. The van der Waals surface area contributed by atoms with E-state index in [4.69, 9.17) is 5.73 Å². The summed E-state index contributed by atoms with van der Waals surface area (Å²) in [5.74, 6) is 0.212. The number of non-ortho nitro benzene ring substituents is 1. The van der Waals surface area contributed by atoms with Crippen LogP contribution in [-0.4, -0.2) is 24.9 Å². The molecule has 0 aliphatic carbocycles. The molecule has 7 nitrogen and oxygen atoms in total. The van der Waals surface area contributed by atoms with Gasteiger partial charge in [0.1, 0.15) is 0 Å². The molecule has 3 N–H and O–H groups in total. The number of benzene rings is 2. The molecule has 0 aromatic heterocycles. The van der Waals surface area contributed by atoms with Gasteiger partial charge in [0.15, 0.2) is 4.99 Å². The molecule has 8 heteroatoms. The van der Waals surface area contributed by atoms with E-state index >= 15 is 0 Å². The average Bonchev–Trinajstić information content (AvgIpc) is 2.67. The Morgan fingerprint density at radius 1 is 1.11 bits per heavy atom. The van der Waals surface area contributed by atoms with Crippen LogP contribution >= 0.6 is 0 Å². The third-order valence-electron chi connectivity index (χ3n) is 4.50. The van der Waals surface area contributed by atoms with Crippen LogP contribution in [0.1, 0.15) is 32.3 Å². The number of nitrogens with two attached hydrogens (primary N) is 1. The van der Waals surface area contributed by atoms with Crippen molar-refractivity contribution in [3.8, 4) is 0 Å². The number of nitro groups is 1. The Morgan fingerprint density at radius 2 is 1.71 bits per heavy atom. The minimum Gasteiger partial charge on any atom is -0.300 e. The van der Waals surface area contributed by atoms with Crippen LogP contribution in [0.5, 0.6) is 0 Å². The molecule has 0 heterocycles. The van der Waals surface area contributed by atoms with Gasteiger partial charge in [0.05, 0.1) is 9.82 Å². The van der Waals surface area contributed by atoms with Crippen molar-refractivity contribution in [2.75, 3.05) is 6.54 Å². The van der Waals surface area contributed by atoms with E-state index in [0.29, 0.717) is 19.4 Å². The van der Waals surface area contributed by atoms with Gasteiger partial charge in [-0.2, -0.15) is 0 Å². The first-order valence-corrected chi connectivity index (χ1v) is 10.7. The predicted octanol–water partition coefficient (Wildman–Crippen LogP) is 3.25. The molecular formula is C20H27N3O4S. The summed E-state index contributed by atoms with van der Waals surface area (Å²) in [6, 6.07) is 14.6. The van der Waals surface area contributed by atoms with Crippen molar-refractivity contribution in [3.63, 3.8) is 0 Å². The van der Waals surface area contributed by atoms with Gasteiger partial charge in [-0.25, -0.2) is 8.42 Å². The summed E-state index contributed by atoms with van der Waals surface area (Å²) in [5, 5.41) is 13.8. The smallest absolute Gasteiger partial charge is 0.269 e. The molecule has 1 unspecified atom stereocenters. The molecule has 1 atom stereocenters. The van der Waals surface area contributed by atoms with Crippen molar-refractivity contribution >= 4 is 15.5 Å². The minimum atomic E-state index is -3.95. The largest absolute Gasteiger partial charge is 0.300 e. The van der Waals surface area contributed by atoms with E-state index in [2.05, 4.69) is 5.32 Å². The van der Waals surface area contributed by atoms with Crippen LogP contribution in [0.25, 0.3) is 0 Å². The van der Waals surface area contributed by atoms with Crippen molar-refractivity contribution in [1.29, 1.82) is 0 Å². The summed E-state index contributed by atoms with van der Waals surface area (Å²) in [5.41, 5.74) is 7.33. The number of rotatable bonds is 10. The quantitative estimate of drug-likeness (QED) is 0.356. The van der Waals surface area contributed by atoms with Gasteiger partial charge >= 0.3 is 0 Å². The molecule has 2 aromatic carbocycles. The molecule has 0 saturated heterocycles. The number of nitrogens with zero attached hydrogens (tertiary/aromatic N) is 1. The monoisotopic (exact) mass is 405 g/mol. The maximum atomic E-state index is 13.2. The lowest BCUT2D eigenvalue weighted by molar-refractivity contribution is -0.384. The number of sulfone groups is 1. The first-order valence-electron chi connectivity index (χ1n) is 9.22. The summed E-state index contributed by atoms with van der Waals surface area (Å²) < 4.78 is 26.5. The van der Waals surface area contributed by atoms with Crippen LogP contribution in [0.3, 0.4) is 0 Å². The van der Waals surface area contributed by atoms with Crippen molar-refractivity contribution in [2.45, 2.75) is 43.0 Å². The SMILES string of the molecule is CC(C)CNC(N)(CCCc1ccccc1)S(=O)(=O)c1ccc([N+](=O)[O-])cc1. The Kier molecular flexibility index (Phi) is 7.29. The zero-order valence-corrected chi connectivity index (χ0v) is 17.0. The van der Waals surface area contributed by atoms with Crippen LogP contribution in [-0.2, 0) is 16.3 Å². The van der Waals surface area contributed by atoms with Crippen molar-refractivity contribution in [2.24, 2.45) is 11.7 Å². The van der Waals surface area contributed by atoms with Crippen molar-refractivity contribution in [1.82, 2.24) is 5.32 Å². The lowest BCUT2D eigenvalue weighted by Crippen LogP contribution is -2.60. The van der Waals surface area contributed by atoms with E-state index in [0.717, 1.165) is 5.56 Å². The lowest BCUT2D eigenvalue weighted by Gasteiger charge is -2.31. The molecule has 0 spiro atoms. The van der Waals surface area contributed by atoms with Gasteiger partial charge in [0, 0.05) is 18.7 Å². The second-order valence-electron chi connectivity index (χ2n) is 7.26. The molecule has 0 amide bonds. The number of nitro benzene ring substituents is 1. The molecule has 0 aliphatic heterocycles. The van der Waals surface area contributed by atoms with Crippen LogP contribution in [0.4, 0.5) is 5.69 Å². The topological polar surface area (TPSA) is 115 Å². The first kappa shape index (κ1) is 22.0. The van der Waals surface area contributed by atoms with Gasteiger partial charge in [0.25, 0.3) is 5.69 Å². The molecular weight excluding hydrogens is 378 g/mol. The van der Waals surface area contributed by atoms with E-state index in [-0.39, 0.29) is 22.9 Å². The summed E-state index contributed by atoms with van der Waals surface area (Å²) >= 11 is 0. The standard InChI is InChI=1S/C20H27N3O4S/c1-16(2)15-22-20(21,14-6-9-17-7-4-3-5-8-17)28(26,27)19-12-10-18(11-13-19)23(24)25/h3-5,7-8,10-13,16,22H,6,9,14-15,21H2,1-2H3. The highest BCUT2D eigenvalue weighted by molar-refractivity contribution is 7.92. The Labute approximate surface area is 166 Å². The molecule has 2 aromatic rings. The van der Waals surface area contributed by atoms with Crippen LogP contribution in [0.15, 0.2) is 59.5 Å². The number of nitrogens with one attached hydrogen (secondary N) is 1. The molecule has 2 rings (SSSR count). The van der Waals surface area contributed by atoms with Crippen LogP contribution in [0.2, 0.25) is 0 Å². The second kappa shape index (κ2) is 9.27. The van der Waals surface area contributed by atoms with Gasteiger partial charge in [-0.1, -0.05) is 44.2 Å². The molecule has 0 saturated carbocycles. The fourth-order valence-electron chi connectivity index (χ4n) is 2.85. The number of hydrogen-bond acceptors (Lipinski definition) is 6. The molecule has 152 valence electrons. The number of hydrogen-bond donors (Lipinski definition) is 2. The fourth-order valence-corrected chi connectivity index (χ4v) is 4.45. The van der Waals surface area contributed by atoms with Gasteiger partial charge < -0.3 is 5.73 Å². The van der Waals surface area contributed by atoms with Crippen molar-refractivity contribution < 1.29 is 13.3 Å². The third kappa shape index (κ3) is 5.37. The minimum absolute atomic E-state index is 0.0310. The van der Waals surface area contributed by atoms with Crippen LogP contribution in [0, 0.1) is 16.0 Å². The Bertz CT molecular complexity index is 883. The highest BCUT2D eigenvalue weighted by Gasteiger charge is 2.40. The summed E-state index contributed by atoms with van der Waals surface area (Å²) in [7, 11) is -3.95. The van der Waals surface area contributed by atoms with Gasteiger partial charge in [-0.3, -0.25) is 15.4 Å². The maximum Gasteiger partial charge on any atom is 0.269 e. The Morgan fingerprint density at radius 3 is 2.25 bits per heavy atom. The second-order valence-corrected chi connectivity index (χ2v) is 9.46. The van der Waals surface area contributed by atoms with E-state index in [1.54, 1.807) is 0 Å². The highest BCUT2D eigenvalue weighted by Crippen LogP contribution is 2.26. The summed E-state index contributed by atoms with van der Waals surface area (Å²) in [6.45, 7) is 4.37. The van der Waals surface area contributed by atoms with Gasteiger partial charge in [0.2, 0.25) is 9.84 Å². The van der Waals surface area contributed by atoms with Crippen molar-refractivity contribution in [3.05, 3.63) is 70.3 Å². The van der Waals surface area contributed by atoms with Gasteiger partial charge in [-0.05, 0) is 42.9 Å². The Balaban J connectivity index is 2.24. The van der Waals surface area contributed by atoms with E-state index in [1.807, 2.05) is 44.2 Å². The van der Waals surface area contributed by atoms with E-state index in [1.165, 1.54) is 24.3 Å². The number of aryl methyl sites for hydroxylation is 1. The molecule has 28 heavy (non-hydrogen) atoms. The Hall–Kier alpha value is -2.29. The molecule has 0 radical (unpaired) electrons. The lowest BCUT2D eigenvalue weighted by atomic mass is 10.1. The normalized spacial score (nSPS) is 14.0. The molecule has 0 fully saturated rings. The van der Waals surface area contributed by atoms with Crippen LogP contribution < -0.4 is 11.1 Å². The van der Waals surface area contributed by atoms with Gasteiger partial charge in [-0.15, -0.1) is 0 Å². The zero-order chi connectivity index (χ0) is 20.8. The van der Waals surface area contributed by atoms with E-state index in [9.17, 15) is 18.5 Å². The third-order valence-corrected chi connectivity index (χ3v) is 6.70.